The number of carbonyl (C=O) groups is 1. The van der Waals surface area contributed by atoms with Crippen molar-refractivity contribution in [3.8, 4) is 11.3 Å². The zero-order chi connectivity index (χ0) is 18.9. The number of hydrogen-bond donors (Lipinski definition) is 1. The second-order valence-electron chi connectivity index (χ2n) is 5.20. The smallest absolute Gasteiger partial charge is 0.298 e. The fourth-order valence-electron chi connectivity index (χ4n) is 2.13. The van der Waals surface area contributed by atoms with E-state index in [0.717, 1.165) is 23.5 Å². The molecule has 0 fully saturated rings. The Labute approximate surface area is 160 Å². The maximum atomic E-state index is 12.7. The van der Waals surface area contributed by atoms with Gasteiger partial charge in [0.25, 0.3) is 5.91 Å². The zero-order valence-electron chi connectivity index (χ0n) is 12.8. The van der Waals surface area contributed by atoms with E-state index in [1.165, 1.54) is 12.1 Å². The molecule has 0 aliphatic carbocycles. The fraction of sp³-hybridized carbons (Fsp3) is 0.0588. The summed E-state index contributed by atoms with van der Waals surface area (Å²) in [6, 6.07) is 9.17. The molecule has 0 bridgehead atoms. The highest BCUT2D eigenvalue weighted by atomic mass is 35.5. The molecule has 0 aliphatic rings. The maximum Gasteiger partial charge on any atom is 0.416 e. The molecule has 0 saturated carbocycles. The molecule has 3 rings (SSSR count). The van der Waals surface area contributed by atoms with Crippen LogP contribution in [0.3, 0.4) is 0 Å². The fourth-order valence-corrected chi connectivity index (χ4v) is 3.14. The van der Waals surface area contributed by atoms with Gasteiger partial charge in [-0.3, -0.25) is 10.1 Å². The summed E-state index contributed by atoms with van der Waals surface area (Å²) in [6.45, 7) is 0. The van der Waals surface area contributed by atoms with Crippen molar-refractivity contribution in [2.45, 2.75) is 6.18 Å². The first-order valence-electron chi connectivity index (χ1n) is 7.13. The van der Waals surface area contributed by atoms with Crippen LogP contribution >= 0.6 is 34.5 Å². The van der Waals surface area contributed by atoms with Crippen LogP contribution in [0, 0.1) is 0 Å². The summed E-state index contributed by atoms with van der Waals surface area (Å²) < 4.78 is 38.2. The molecule has 0 aliphatic heterocycles. The normalized spacial score (nSPS) is 11.4. The Balaban J connectivity index is 1.79. The average Bonchev–Trinajstić information content (AvgIpc) is 3.05. The molecule has 26 heavy (non-hydrogen) atoms. The molecule has 0 spiro atoms. The molecule has 0 atom stereocenters. The lowest BCUT2D eigenvalue weighted by Gasteiger charge is -2.08. The number of anilines is 1. The first-order chi connectivity index (χ1) is 12.2. The van der Waals surface area contributed by atoms with E-state index in [4.69, 9.17) is 23.2 Å². The molecule has 1 aromatic heterocycles. The molecule has 1 amide bonds. The molecule has 0 saturated heterocycles. The third-order valence-electron chi connectivity index (χ3n) is 3.39. The van der Waals surface area contributed by atoms with Gasteiger partial charge in [-0.2, -0.15) is 13.2 Å². The van der Waals surface area contributed by atoms with E-state index in [-0.39, 0.29) is 10.7 Å². The van der Waals surface area contributed by atoms with Crippen molar-refractivity contribution in [3.63, 3.8) is 0 Å². The number of carbonyl (C=O) groups excluding carboxylic acids is 1. The van der Waals surface area contributed by atoms with Gasteiger partial charge in [-0.1, -0.05) is 35.3 Å². The highest BCUT2D eigenvalue weighted by Crippen LogP contribution is 2.31. The quantitative estimate of drug-likeness (QED) is 0.537. The van der Waals surface area contributed by atoms with Crippen molar-refractivity contribution in [3.05, 3.63) is 69.0 Å². The third-order valence-corrected chi connectivity index (χ3v) is 4.89. The van der Waals surface area contributed by atoms with E-state index in [1.807, 2.05) is 0 Å². The Bertz CT molecular complexity index is 973. The van der Waals surface area contributed by atoms with E-state index >= 15 is 0 Å². The Morgan fingerprint density at radius 2 is 1.85 bits per heavy atom. The van der Waals surface area contributed by atoms with Gasteiger partial charge in [0.1, 0.15) is 0 Å². The summed E-state index contributed by atoms with van der Waals surface area (Å²) in [5.41, 5.74) is 0.273. The van der Waals surface area contributed by atoms with Crippen LogP contribution in [-0.4, -0.2) is 10.9 Å². The molecule has 3 nitrogen and oxygen atoms in total. The van der Waals surface area contributed by atoms with Crippen LogP contribution in [0.15, 0.2) is 47.8 Å². The lowest BCUT2D eigenvalue weighted by Crippen LogP contribution is -2.13. The largest absolute Gasteiger partial charge is 0.416 e. The van der Waals surface area contributed by atoms with E-state index in [1.54, 1.807) is 23.6 Å². The summed E-state index contributed by atoms with van der Waals surface area (Å²) in [5, 5.41) is 5.22. The first kappa shape index (κ1) is 18.7. The highest BCUT2D eigenvalue weighted by molar-refractivity contribution is 7.14. The van der Waals surface area contributed by atoms with E-state index in [2.05, 4.69) is 10.3 Å². The Kier molecular flexibility index (Phi) is 5.22. The van der Waals surface area contributed by atoms with Crippen LogP contribution in [0.25, 0.3) is 11.3 Å². The number of amides is 1. The monoisotopic (exact) mass is 416 g/mol. The first-order valence-corrected chi connectivity index (χ1v) is 8.77. The number of benzene rings is 2. The van der Waals surface area contributed by atoms with Crippen LogP contribution in [0.2, 0.25) is 10.0 Å². The molecule has 0 unspecified atom stereocenters. The van der Waals surface area contributed by atoms with Crippen LogP contribution < -0.4 is 5.32 Å². The molecule has 9 heteroatoms. The second kappa shape index (κ2) is 7.26. The summed E-state index contributed by atoms with van der Waals surface area (Å²) in [7, 11) is 0. The van der Waals surface area contributed by atoms with Crippen LogP contribution in [0.1, 0.15) is 15.9 Å². The van der Waals surface area contributed by atoms with Gasteiger partial charge in [-0.05, 0) is 30.3 Å². The number of alkyl halides is 3. The van der Waals surface area contributed by atoms with Crippen molar-refractivity contribution in [2.75, 3.05) is 5.32 Å². The van der Waals surface area contributed by atoms with Gasteiger partial charge in [-0.25, -0.2) is 4.98 Å². The van der Waals surface area contributed by atoms with Gasteiger partial charge < -0.3 is 0 Å². The number of rotatable bonds is 3. The average molecular weight is 417 g/mol. The Morgan fingerprint density at radius 3 is 2.54 bits per heavy atom. The maximum absolute atomic E-state index is 12.7. The van der Waals surface area contributed by atoms with E-state index in [0.29, 0.717) is 21.3 Å². The highest BCUT2D eigenvalue weighted by Gasteiger charge is 2.30. The third kappa shape index (κ3) is 4.17. The molecule has 1 N–H and O–H groups in total. The lowest BCUT2D eigenvalue weighted by molar-refractivity contribution is -0.137. The van der Waals surface area contributed by atoms with Crippen LogP contribution in [0.4, 0.5) is 18.3 Å². The van der Waals surface area contributed by atoms with Gasteiger partial charge in [0.05, 0.1) is 21.3 Å². The van der Waals surface area contributed by atoms with E-state index < -0.39 is 17.6 Å². The van der Waals surface area contributed by atoms with E-state index in [9.17, 15) is 18.0 Å². The second-order valence-corrected chi connectivity index (χ2v) is 6.87. The van der Waals surface area contributed by atoms with Crippen molar-refractivity contribution in [1.82, 2.24) is 4.98 Å². The molecule has 1 heterocycles. The number of halogens is 5. The summed E-state index contributed by atoms with van der Waals surface area (Å²) in [4.78, 5) is 16.4. The van der Waals surface area contributed by atoms with Gasteiger partial charge >= 0.3 is 6.18 Å². The van der Waals surface area contributed by atoms with Gasteiger partial charge in [-0.15, -0.1) is 11.3 Å². The molecule has 134 valence electrons. The minimum atomic E-state index is -4.52. The number of thiazole rings is 1. The minimum Gasteiger partial charge on any atom is -0.298 e. The number of nitrogens with one attached hydrogen (secondary N) is 1. The summed E-state index contributed by atoms with van der Waals surface area (Å²) in [6.07, 6.45) is -4.52. The Hall–Kier alpha value is -2.09. The summed E-state index contributed by atoms with van der Waals surface area (Å²) >= 11 is 13.0. The van der Waals surface area contributed by atoms with Crippen molar-refractivity contribution >= 4 is 45.6 Å². The van der Waals surface area contributed by atoms with Gasteiger partial charge in [0.2, 0.25) is 0 Å². The topological polar surface area (TPSA) is 42.0 Å². The lowest BCUT2D eigenvalue weighted by atomic mass is 10.1. The Morgan fingerprint density at radius 1 is 1.08 bits per heavy atom. The number of hydrogen-bond acceptors (Lipinski definition) is 3. The molecule has 3 aromatic rings. The van der Waals surface area contributed by atoms with Gasteiger partial charge in [0, 0.05) is 16.5 Å². The standard InChI is InChI=1S/C17H9Cl2F3N2OS/c18-12-5-4-9(7-13(12)19)14-8-26-16(23-14)24-15(25)10-2-1-3-11(6-10)17(20,21)22/h1-8H,(H,23,24,25). The molecule has 2 aromatic carbocycles. The van der Waals surface area contributed by atoms with Crippen LogP contribution in [0.5, 0.6) is 0 Å². The number of aromatic nitrogens is 1. The van der Waals surface area contributed by atoms with Gasteiger partial charge in [0.15, 0.2) is 5.13 Å². The number of nitrogens with zero attached hydrogens (tertiary/aromatic N) is 1. The zero-order valence-corrected chi connectivity index (χ0v) is 15.1. The summed E-state index contributed by atoms with van der Waals surface area (Å²) in [5.74, 6) is -0.675. The molecular weight excluding hydrogens is 408 g/mol. The predicted octanol–water partition coefficient (Wildman–Crippen LogP) is 6.39. The van der Waals surface area contributed by atoms with Crippen molar-refractivity contribution in [1.29, 1.82) is 0 Å². The van der Waals surface area contributed by atoms with Crippen molar-refractivity contribution < 1.29 is 18.0 Å². The van der Waals surface area contributed by atoms with Crippen LogP contribution in [-0.2, 0) is 6.18 Å². The molecular formula is C17H9Cl2F3N2OS. The minimum absolute atomic E-state index is 0.105. The SMILES string of the molecule is O=C(Nc1nc(-c2ccc(Cl)c(Cl)c2)cs1)c1cccc(C(F)(F)F)c1. The predicted molar refractivity (Wildman–Crippen MR) is 97.0 cm³/mol. The molecule has 0 radical (unpaired) electrons. The van der Waals surface area contributed by atoms with Crippen molar-refractivity contribution in [2.24, 2.45) is 0 Å².